The van der Waals surface area contributed by atoms with Gasteiger partial charge in [-0.2, -0.15) is 0 Å². The van der Waals surface area contributed by atoms with E-state index in [2.05, 4.69) is 5.32 Å². The van der Waals surface area contributed by atoms with E-state index in [9.17, 15) is 14.0 Å². The summed E-state index contributed by atoms with van der Waals surface area (Å²) in [6, 6.07) is 5.99. The number of carbonyl (C=O) groups is 2. The molecule has 1 unspecified atom stereocenters. The highest BCUT2D eigenvalue weighted by Crippen LogP contribution is 2.36. The van der Waals surface area contributed by atoms with Crippen LogP contribution in [0.25, 0.3) is 0 Å². The molecule has 0 heterocycles. The van der Waals surface area contributed by atoms with Gasteiger partial charge in [-0.1, -0.05) is 19.1 Å². The summed E-state index contributed by atoms with van der Waals surface area (Å²) in [5.74, 6) is -2.39. The zero-order valence-corrected chi connectivity index (χ0v) is 11.3. The molecule has 20 heavy (non-hydrogen) atoms. The van der Waals surface area contributed by atoms with Crippen LogP contribution in [0.2, 0.25) is 0 Å². The van der Waals surface area contributed by atoms with Gasteiger partial charge >= 0.3 is 5.97 Å². The zero-order valence-electron chi connectivity index (χ0n) is 11.3. The Bertz CT molecular complexity index is 518. The number of halogens is 1. The molecule has 1 aliphatic rings. The lowest BCUT2D eigenvalue weighted by molar-refractivity contribution is -0.146. The topological polar surface area (TPSA) is 66.4 Å². The molecule has 108 valence electrons. The minimum atomic E-state index is -0.916. The van der Waals surface area contributed by atoms with Crippen LogP contribution in [-0.2, 0) is 16.1 Å². The van der Waals surface area contributed by atoms with Gasteiger partial charge in [-0.05, 0) is 36.5 Å². The molecule has 0 aromatic heterocycles. The van der Waals surface area contributed by atoms with Gasteiger partial charge in [0.15, 0.2) is 0 Å². The molecule has 0 radical (unpaired) electrons. The Morgan fingerprint density at radius 2 is 2.05 bits per heavy atom. The van der Waals surface area contributed by atoms with Gasteiger partial charge in [0, 0.05) is 6.54 Å². The Morgan fingerprint density at radius 3 is 2.70 bits per heavy atom. The van der Waals surface area contributed by atoms with Gasteiger partial charge in [0.2, 0.25) is 5.91 Å². The first kappa shape index (κ1) is 14.5. The summed E-state index contributed by atoms with van der Waals surface area (Å²) in [6.07, 6.45) is 1.12. The van der Waals surface area contributed by atoms with Gasteiger partial charge < -0.3 is 10.4 Å². The molecule has 3 atom stereocenters. The maximum Gasteiger partial charge on any atom is 0.307 e. The molecule has 0 bridgehead atoms. The van der Waals surface area contributed by atoms with E-state index in [1.54, 1.807) is 12.1 Å². The quantitative estimate of drug-likeness (QED) is 0.887. The van der Waals surface area contributed by atoms with Crippen LogP contribution < -0.4 is 5.32 Å². The van der Waals surface area contributed by atoms with Crippen molar-refractivity contribution in [2.24, 2.45) is 17.8 Å². The SMILES string of the molecule is CC1C[C@H](C(=O)NCc2cccc(F)c2)[C@H](C(=O)O)C1. The van der Waals surface area contributed by atoms with E-state index in [1.165, 1.54) is 12.1 Å². The largest absolute Gasteiger partial charge is 0.481 e. The fraction of sp³-hybridized carbons (Fsp3) is 0.467. The molecule has 1 aromatic rings. The number of nitrogens with one attached hydrogen (secondary N) is 1. The molecule has 5 heteroatoms. The lowest BCUT2D eigenvalue weighted by atomic mass is 9.95. The maximum atomic E-state index is 13.0. The van der Waals surface area contributed by atoms with Gasteiger partial charge in [0.05, 0.1) is 11.8 Å². The van der Waals surface area contributed by atoms with Crippen LogP contribution >= 0.6 is 0 Å². The highest BCUT2D eigenvalue weighted by atomic mass is 19.1. The minimum Gasteiger partial charge on any atom is -0.481 e. The van der Waals surface area contributed by atoms with Crippen molar-refractivity contribution in [3.8, 4) is 0 Å². The van der Waals surface area contributed by atoms with Crippen LogP contribution in [0, 0.1) is 23.6 Å². The Morgan fingerprint density at radius 1 is 1.35 bits per heavy atom. The Balaban J connectivity index is 1.96. The fourth-order valence-electron chi connectivity index (χ4n) is 2.82. The predicted molar refractivity (Wildman–Crippen MR) is 71.3 cm³/mol. The molecule has 0 aliphatic heterocycles. The molecule has 0 spiro atoms. The summed E-state index contributed by atoms with van der Waals surface area (Å²) in [7, 11) is 0. The summed E-state index contributed by atoms with van der Waals surface area (Å²) in [5, 5.41) is 11.8. The van der Waals surface area contributed by atoms with E-state index in [-0.39, 0.29) is 24.2 Å². The molecule has 1 fully saturated rings. The molecule has 4 nitrogen and oxygen atoms in total. The average molecular weight is 279 g/mol. The number of rotatable bonds is 4. The monoisotopic (exact) mass is 279 g/mol. The second-order valence-electron chi connectivity index (χ2n) is 5.48. The molecule has 1 aromatic carbocycles. The standard InChI is InChI=1S/C15H18FNO3/c1-9-5-12(13(6-9)15(19)20)14(18)17-8-10-3-2-4-11(16)7-10/h2-4,7,9,12-13H,5-6,8H2,1H3,(H,17,18)(H,19,20)/t9?,12-,13+/m0/s1. The lowest BCUT2D eigenvalue weighted by Crippen LogP contribution is -2.34. The zero-order chi connectivity index (χ0) is 14.7. The molecule has 1 aliphatic carbocycles. The van der Waals surface area contributed by atoms with E-state index < -0.39 is 17.8 Å². The van der Waals surface area contributed by atoms with E-state index >= 15 is 0 Å². The summed E-state index contributed by atoms with van der Waals surface area (Å²) in [5.41, 5.74) is 0.663. The Hall–Kier alpha value is -1.91. The molecule has 2 rings (SSSR count). The maximum absolute atomic E-state index is 13.0. The van der Waals surface area contributed by atoms with Crippen molar-refractivity contribution in [2.75, 3.05) is 0 Å². The van der Waals surface area contributed by atoms with E-state index in [0.717, 1.165) is 0 Å². The first-order valence-electron chi connectivity index (χ1n) is 6.72. The number of amides is 1. The molecular formula is C15H18FNO3. The van der Waals surface area contributed by atoms with Crippen LogP contribution in [0.5, 0.6) is 0 Å². The lowest BCUT2D eigenvalue weighted by Gasteiger charge is -2.15. The molecule has 2 N–H and O–H groups in total. The molecular weight excluding hydrogens is 261 g/mol. The van der Waals surface area contributed by atoms with Gasteiger partial charge in [-0.3, -0.25) is 9.59 Å². The highest BCUT2D eigenvalue weighted by Gasteiger charge is 2.40. The second kappa shape index (κ2) is 6.03. The van der Waals surface area contributed by atoms with E-state index in [0.29, 0.717) is 18.4 Å². The number of carboxylic acids is 1. The van der Waals surface area contributed by atoms with Crippen LogP contribution in [0.15, 0.2) is 24.3 Å². The van der Waals surface area contributed by atoms with E-state index in [4.69, 9.17) is 5.11 Å². The molecule has 0 saturated heterocycles. The van der Waals surface area contributed by atoms with Crippen LogP contribution in [0.4, 0.5) is 4.39 Å². The molecule has 1 saturated carbocycles. The van der Waals surface area contributed by atoms with Gasteiger partial charge in [0.1, 0.15) is 5.82 Å². The number of carboxylic acid groups (broad SMARTS) is 1. The third-order valence-electron chi connectivity index (χ3n) is 3.81. The number of carbonyl (C=O) groups excluding carboxylic acids is 1. The Kier molecular flexibility index (Phi) is 4.37. The smallest absolute Gasteiger partial charge is 0.307 e. The van der Waals surface area contributed by atoms with Crippen molar-refractivity contribution < 1.29 is 19.1 Å². The van der Waals surface area contributed by atoms with Crippen molar-refractivity contribution in [2.45, 2.75) is 26.3 Å². The van der Waals surface area contributed by atoms with Crippen molar-refractivity contribution >= 4 is 11.9 Å². The first-order chi connectivity index (χ1) is 9.47. The highest BCUT2D eigenvalue weighted by molar-refractivity contribution is 5.85. The predicted octanol–water partition coefficient (Wildman–Crippen LogP) is 2.19. The second-order valence-corrected chi connectivity index (χ2v) is 5.48. The van der Waals surface area contributed by atoms with Crippen molar-refractivity contribution in [1.82, 2.24) is 5.32 Å². The summed E-state index contributed by atoms with van der Waals surface area (Å²) in [6.45, 7) is 2.17. The van der Waals surface area contributed by atoms with Crippen molar-refractivity contribution in [3.05, 3.63) is 35.6 Å². The number of benzene rings is 1. The summed E-state index contributed by atoms with van der Waals surface area (Å²) in [4.78, 5) is 23.2. The van der Waals surface area contributed by atoms with Gasteiger partial charge in [-0.25, -0.2) is 4.39 Å². The van der Waals surface area contributed by atoms with Crippen LogP contribution in [0.3, 0.4) is 0 Å². The fourth-order valence-corrected chi connectivity index (χ4v) is 2.82. The van der Waals surface area contributed by atoms with Crippen molar-refractivity contribution in [1.29, 1.82) is 0 Å². The number of aliphatic carboxylic acids is 1. The first-order valence-corrected chi connectivity index (χ1v) is 6.72. The van der Waals surface area contributed by atoms with Gasteiger partial charge in [-0.15, -0.1) is 0 Å². The van der Waals surface area contributed by atoms with Crippen molar-refractivity contribution in [3.63, 3.8) is 0 Å². The minimum absolute atomic E-state index is 0.216. The van der Waals surface area contributed by atoms with Crippen LogP contribution in [0.1, 0.15) is 25.3 Å². The average Bonchev–Trinajstić information content (AvgIpc) is 2.78. The van der Waals surface area contributed by atoms with Gasteiger partial charge in [0.25, 0.3) is 0 Å². The normalized spacial score (nSPS) is 25.4. The Labute approximate surface area is 117 Å². The van der Waals surface area contributed by atoms with E-state index in [1.807, 2.05) is 6.92 Å². The van der Waals surface area contributed by atoms with Crippen LogP contribution in [-0.4, -0.2) is 17.0 Å². The number of hydrogen-bond donors (Lipinski definition) is 2. The third kappa shape index (κ3) is 3.35. The summed E-state index contributed by atoms with van der Waals surface area (Å²) >= 11 is 0. The third-order valence-corrected chi connectivity index (χ3v) is 3.81. The summed E-state index contributed by atoms with van der Waals surface area (Å²) < 4.78 is 13.0. The molecule has 1 amide bonds. The number of hydrogen-bond acceptors (Lipinski definition) is 2.